The molecule has 1 rings (SSSR count). The van der Waals surface area contributed by atoms with Gasteiger partial charge >= 0.3 is 0 Å². The molecule has 0 aromatic carbocycles. The zero-order valence-electron chi connectivity index (χ0n) is 9.26. The molecule has 1 heterocycles. The van der Waals surface area contributed by atoms with Crippen molar-refractivity contribution < 1.29 is 9.84 Å². The minimum absolute atomic E-state index is 0.297. The van der Waals surface area contributed by atoms with Crippen molar-refractivity contribution in [3.63, 3.8) is 0 Å². The molecule has 86 valence electrons. The van der Waals surface area contributed by atoms with Gasteiger partial charge in [-0.05, 0) is 6.92 Å². The summed E-state index contributed by atoms with van der Waals surface area (Å²) in [6.45, 7) is 3.83. The Morgan fingerprint density at radius 1 is 1.60 bits per heavy atom. The van der Waals surface area contributed by atoms with Crippen molar-refractivity contribution in [3.05, 3.63) is 18.7 Å². The first kappa shape index (κ1) is 12.2. The number of rotatable bonds is 7. The van der Waals surface area contributed by atoms with Crippen LogP contribution in [0.1, 0.15) is 6.92 Å². The molecule has 0 fully saturated rings. The topological polar surface area (TPSA) is 59.3 Å². The van der Waals surface area contributed by atoms with Gasteiger partial charge in [0, 0.05) is 38.6 Å². The van der Waals surface area contributed by atoms with Gasteiger partial charge in [-0.1, -0.05) is 0 Å². The number of hydrogen-bond donors (Lipinski definition) is 2. The van der Waals surface area contributed by atoms with Crippen LogP contribution < -0.4 is 5.32 Å². The monoisotopic (exact) mass is 213 g/mol. The predicted octanol–water partition coefficient (Wildman–Crippen LogP) is -0.131. The van der Waals surface area contributed by atoms with E-state index >= 15 is 0 Å². The molecule has 2 unspecified atom stereocenters. The number of aromatic nitrogens is 2. The molecule has 15 heavy (non-hydrogen) atoms. The Hall–Kier alpha value is -0.910. The average Bonchev–Trinajstić information content (AvgIpc) is 2.68. The fourth-order valence-corrected chi connectivity index (χ4v) is 1.36. The van der Waals surface area contributed by atoms with Crippen LogP contribution in [0.5, 0.6) is 0 Å². The van der Waals surface area contributed by atoms with Gasteiger partial charge in [0.15, 0.2) is 0 Å². The first-order valence-electron chi connectivity index (χ1n) is 5.08. The van der Waals surface area contributed by atoms with E-state index in [1.165, 1.54) is 0 Å². The molecule has 0 bridgehead atoms. The zero-order chi connectivity index (χ0) is 11.1. The van der Waals surface area contributed by atoms with Crippen molar-refractivity contribution in [3.8, 4) is 0 Å². The van der Waals surface area contributed by atoms with Crippen molar-refractivity contribution >= 4 is 0 Å². The highest BCUT2D eigenvalue weighted by Gasteiger charge is 2.06. The molecule has 0 amide bonds. The number of methoxy groups -OCH3 is 1. The van der Waals surface area contributed by atoms with Gasteiger partial charge in [-0.25, -0.2) is 4.98 Å². The van der Waals surface area contributed by atoms with Gasteiger partial charge in [0.1, 0.15) is 0 Å². The highest BCUT2D eigenvalue weighted by Crippen LogP contribution is 1.92. The lowest BCUT2D eigenvalue weighted by Crippen LogP contribution is -2.37. The van der Waals surface area contributed by atoms with Crippen LogP contribution in [0.25, 0.3) is 0 Å². The Bertz CT molecular complexity index is 251. The van der Waals surface area contributed by atoms with Crippen molar-refractivity contribution in [2.45, 2.75) is 25.6 Å². The molecule has 0 spiro atoms. The fraction of sp³-hybridized carbons (Fsp3) is 0.700. The molecule has 2 N–H and O–H groups in total. The first-order valence-corrected chi connectivity index (χ1v) is 5.08. The number of ether oxygens (including phenoxy) is 1. The summed E-state index contributed by atoms with van der Waals surface area (Å²) < 4.78 is 6.84. The van der Waals surface area contributed by atoms with E-state index in [1.54, 1.807) is 19.6 Å². The largest absolute Gasteiger partial charge is 0.389 e. The molecular formula is C10H19N3O2. The van der Waals surface area contributed by atoms with Gasteiger partial charge < -0.3 is 19.7 Å². The van der Waals surface area contributed by atoms with Gasteiger partial charge in [-0.3, -0.25) is 0 Å². The minimum Gasteiger partial charge on any atom is -0.389 e. The van der Waals surface area contributed by atoms with Gasteiger partial charge in [0.05, 0.1) is 19.0 Å². The van der Waals surface area contributed by atoms with Gasteiger partial charge in [-0.2, -0.15) is 0 Å². The predicted molar refractivity (Wildman–Crippen MR) is 57.6 cm³/mol. The fourth-order valence-electron chi connectivity index (χ4n) is 1.36. The van der Waals surface area contributed by atoms with E-state index in [-0.39, 0.29) is 0 Å². The molecule has 0 aliphatic heterocycles. The zero-order valence-corrected chi connectivity index (χ0v) is 9.26. The number of nitrogens with zero attached hydrogens (tertiary/aromatic N) is 2. The molecule has 1 aromatic rings. The normalized spacial score (nSPS) is 15.1. The summed E-state index contributed by atoms with van der Waals surface area (Å²) >= 11 is 0. The van der Waals surface area contributed by atoms with Crippen LogP contribution in [-0.2, 0) is 11.3 Å². The summed E-state index contributed by atoms with van der Waals surface area (Å²) in [5.41, 5.74) is 0. The molecule has 0 saturated heterocycles. The Morgan fingerprint density at radius 2 is 2.40 bits per heavy atom. The Labute approximate surface area is 90.1 Å². The van der Waals surface area contributed by atoms with Crippen molar-refractivity contribution in [1.82, 2.24) is 14.9 Å². The second-order valence-corrected chi connectivity index (χ2v) is 3.68. The van der Waals surface area contributed by atoms with E-state index in [0.717, 1.165) is 6.54 Å². The number of imidazole rings is 1. The molecule has 2 atom stereocenters. The minimum atomic E-state index is -0.444. The molecule has 0 saturated carbocycles. The van der Waals surface area contributed by atoms with E-state index in [0.29, 0.717) is 19.2 Å². The van der Waals surface area contributed by atoms with Crippen molar-refractivity contribution in [2.24, 2.45) is 0 Å². The summed E-state index contributed by atoms with van der Waals surface area (Å²) in [5, 5.41) is 12.6. The third-order valence-corrected chi connectivity index (χ3v) is 2.10. The van der Waals surface area contributed by atoms with Crippen LogP contribution in [-0.4, -0.2) is 47.1 Å². The second kappa shape index (κ2) is 6.55. The standard InChI is InChI=1S/C10H19N3O2/c1-9(6-13-4-3-11-8-13)12-5-10(14)7-15-2/h3-4,8-10,12,14H,5-7H2,1-2H3. The van der Waals surface area contributed by atoms with E-state index in [1.807, 2.05) is 10.8 Å². The number of hydrogen-bond acceptors (Lipinski definition) is 4. The van der Waals surface area contributed by atoms with Crippen LogP contribution in [0, 0.1) is 0 Å². The van der Waals surface area contributed by atoms with Crippen LogP contribution in [0.4, 0.5) is 0 Å². The summed E-state index contributed by atoms with van der Waals surface area (Å²) in [6.07, 6.45) is 5.01. The molecule has 1 aromatic heterocycles. The van der Waals surface area contributed by atoms with Gasteiger partial charge in [0.2, 0.25) is 0 Å². The van der Waals surface area contributed by atoms with E-state index in [4.69, 9.17) is 4.74 Å². The number of aliphatic hydroxyl groups excluding tert-OH is 1. The summed E-state index contributed by atoms with van der Waals surface area (Å²) in [4.78, 5) is 3.97. The van der Waals surface area contributed by atoms with Gasteiger partial charge in [0.25, 0.3) is 0 Å². The van der Waals surface area contributed by atoms with E-state index in [2.05, 4.69) is 17.2 Å². The van der Waals surface area contributed by atoms with Crippen LogP contribution in [0.3, 0.4) is 0 Å². The highest BCUT2D eigenvalue weighted by molar-refractivity contribution is 4.76. The number of aliphatic hydroxyl groups is 1. The molecular weight excluding hydrogens is 194 g/mol. The molecule has 0 radical (unpaired) electrons. The summed E-state index contributed by atoms with van der Waals surface area (Å²) in [5.74, 6) is 0. The Balaban J connectivity index is 2.16. The smallest absolute Gasteiger partial charge is 0.0946 e. The van der Waals surface area contributed by atoms with Crippen LogP contribution >= 0.6 is 0 Å². The van der Waals surface area contributed by atoms with Gasteiger partial charge in [-0.15, -0.1) is 0 Å². The average molecular weight is 213 g/mol. The lowest BCUT2D eigenvalue weighted by atomic mass is 10.3. The molecule has 5 heteroatoms. The maximum atomic E-state index is 9.42. The first-order chi connectivity index (χ1) is 7.22. The lowest BCUT2D eigenvalue weighted by molar-refractivity contribution is 0.0627. The maximum Gasteiger partial charge on any atom is 0.0946 e. The second-order valence-electron chi connectivity index (χ2n) is 3.68. The van der Waals surface area contributed by atoms with E-state index in [9.17, 15) is 5.11 Å². The summed E-state index contributed by atoms with van der Waals surface area (Å²) in [6, 6.07) is 0.297. The third-order valence-electron chi connectivity index (χ3n) is 2.10. The molecule has 0 aliphatic carbocycles. The third kappa shape index (κ3) is 4.92. The lowest BCUT2D eigenvalue weighted by Gasteiger charge is -2.16. The summed E-state index contributed by atoms with van der Waals surface area (Å²) in [7, 11) is 1.58. The SMILES string of the molecule is COCC(O)CNC(C)Cn1ccnc1. The maximum absolute atomic E-state index is 9.42. The molecule has 5 nitrogen and oxygen atoms in total. The Kier molecular flexibility index (Phi) is 5.31. The van der Waals surface area contributed by atoms with Crippen LogP contribution in [0.2, 0.25) is 0 Å². The van der Waals surface area contributed by atoms with Crippen LogP contribution in [0.15, 0.2) is 18.7 Å². The Morgan fingerprint density at radius 3 is 3.00 bits per heavy atom. The van der Waals surface area contributed by atoms with E-state index < -0.39 is 6.10 Å². The highest BCUT2D eigenvalue weighted by atomic mass is 16.5. The van der Waals surface area contributed by atoms with Crippen molar-refractivity contribution in [2.75, 3.05) is 20.3 Å². The number of nitrogens with one attached hydrogen (secondary N) is 1. The quantitative estimate of drug-likeness (QED) is 0.662. The molecule has 0 aliphatic rings. The van der Waals surface area contributed by atoms with Crippen molar-refractivity contribution in [1.29, 1.82) is 0 Å².